The molecule has 0 rings (SSSR count). The summed E-state index contributed by atoms with van der Waals surface area (Å²) in [6.07, 6.45) is 30.9. The predicted octanol–water partition coefficient (Wildman–Crippen LogP) is 8.02. The van der Waals surface area contributed by atoms with E-state index >= 15 is 0 Å². The molecule has 12 heteroatoms. The fourth-order valence-corrected chi connectivity index (χ4v) is 6.44. The molecule has 0 aromatic rings. The van der Waals surface area contributed by atoms with E-state index in [4.69, 9.17) is 26.7 Å². The van der Waals surface area contributed by atoms with Crippen molar-refractivity contribution in [2.24, 2.45) is 22.2 Å². The molecule has 0 aliphatic rings. The van der Waals surface area contributed by atoms with Gasteiger partial charge in [0.15, 0.2) is 5.96 Å². The van der Waals surface area contributed by atoms with Crippen LogP contribution in [0.4, 0.5) is 0 Å². The number of ether oxygens (including phenoxy) is 2. The van der Waals surface area contributed by atoms with Crippen LogP contribution in [0.1, 0.15) is 206 Å². The number of hydrogen-bond donors (Lipinski definition) is 5. The molecule has 0 bridgehead atoms. The summed E-state index contributed by atoms with van der Waals surface area (Å²) in [5.74, 6) is -1.59. The number of nitrogens with one attached hydrogen (secondary N) is 2. The maximum absolute atomic E-state index is 13.0. The number of unbranched alkanes of at least 4 members (excludes halogenated alkanes) is 22. The molecule has 2 amide bonds. The van der Waals surface area contributed by atoms with Crippen molar-refractivity contribution in [3.63, 3.8) is 0 Å². The standard InChI is InChI=1S/C43H84N6O6/c1-3-5-7-9-11-13-15-17-19-21-23-25-35-54-40(51)32-31-38(42(53)55-36-26-24-22-20-18-16-14-12-10-8-6-4-2)49-39(50)30-28-33-47-41(52)37(44)29-27-34-48-43(45)46/h37-38H,3-36,44H2,1-2H3,(H,47,52)(H,49,50)(H4,45,46,48)/t37-,38?/m0/s1. The molecule has 1 unspecified atom stereocenters. The van der Waals surface area contributed by atoms with E-state index in [0.29, 0.717) is 32.4 Å². The Kier molecular flexibility index (Phi) is 37.3. The van der Waals surface area contributed by atoms with E-state index in [-0.39, 0.29) is 56.2 Å². The van der Waals surface area contributed by atoms with Crippen molar-refractivity contribution in [3.8, 4) is 0 Å². The van der Waals surface area contributed by atoms with Crippen molar-refractivity contribution in [2.75, 3.05) is 26.3 Å². The van der Waals surface area contributed by atoms with Gasteiger partial charge in [-0.15, -0.1) is 0 Å². The molecule has 322 valence electrons. The number of carbonyl (C=O) groups is 4. The molecule has 0 fully saturated rings. The van der Waals surface area contributed by atoms with E-state index < -0.39 is 18.1 Å². The van der Waals surface area contributed by atoms with Crippen LogP contribution in [0.25, 0.3) is 0 Å². The van der Waals surface area contributed by atoms with Crippen LogP contribution in [0.15, 0.2) is 4.99 Å². The second-order valence-corrected chi connectivity index (χ2v) is 15.3. The number of esters is 2. The lowest BCUT2D eigenvalue weighted by molar-refractivity contribution is -0.149. The third-order valence-corrected chi connectivity index (χ3v) is 9.94. The number of rotatable bonds is 40. The Morgan fingerprint density at radius 1 is 0.564 bits per heavy atom. The second-order valence-electron chi connectivity index (χ2n) is 15.3. The monoisotopic (exact) mass is 781 g/mol. The summed E-state index contributed by atoms with van der Waals surface area (Å²) < 4.78 is 11.0. The smallest absolute Gasteiger partial charge is 0.328 e. The fraction of sp³-hybridized carbons (Fsp3) is 0.884. The molecular weight excluding hydrogens is 697 g/mol. The highest BCUT2D eigenvalue weighted by molar-refractivity contribution is 5.85. The molecule has 55 heavy (non-hydrogen) atoms. The molecule has 0 saturated heterocycles. The molecule has 0 saturated carbocycles. The summed E-state index contributed by atoms with van der Waals surface area (Å²) in [5.41, 5.74) is 16.6. The third-order valence-electron chi connectivity index (χ3n) is 9.94. The van der Waals surface area contributed by atoms with Gasteiger partial charge in [-0.05, 0) is 38.5 Å². The van der Waals surface area contributed by atoms with Gasteiger partial charge in [0.2, 0.25) is 11.8 Å². The zero-order valence-corrected chi connectivity index (χ0v) is 35.3. The SMILES string of the molecule is CCCCCCCCCCCCCCOC(=O)CCC(NC(=O)CCCNC(=O)[C@@H](N)CCCN=C(N)N)C(=O)OCCCCCCCCCCCCCC. The summed E-state index contributed by atoms with van der Waals surface area (Å²) in [5, 5.41) is 5.49. The zero-order chi connectivity index (χ0) is 40.6. The quantitative estimate of drug-likeness (QED) is 0.0177. The first-order valence-electron chi connectivity index (χ1n) is 22.4. The Morgan fingerprint density at radius 2 is 1.02 bits per heavy atom. The Hall–Kier alpha value is -2.89. The number of carbonyl (C=O) groups excluding carboxylic acids is 4. The van der Waals surface area contributed by atoms with Gasteiger partial charge in [0, 0.05) is 25.9 Å². The topological polar surface area (TPSA) is 201 Å². The first-order valence-corrected chi connectivity index (χ1v) is 22.4. The van der Waals surface area contributed by atoms with E-state index in [9.17, 15) is 19.2 Å². The Bertz CT molecular complexity index is 977. The van der Waals surface area contributed by atoms with Crippen molar-refractivity contribution in [1.29, 1.82) is 0 Å². The number of aliphatic imine (C=N–C) groups is 1. The molecule has 0 spiro atoms. The lowest BCUT2D eigenvalue weighted by Crippen LogP contribution is -2.43. The van der Waals surface area contributed by atoms with Crippen LogP contribution in [-0.4, -0.2) is 68.1 Å². The van der Waals surface area contributed by atoms with Gasteiger partial charge < -0.3 is 37.3 Å². The van der Waals surface area contributed by atoms with Gasteiger partial charge in [-0.25, -0.2) is 4.79 Å². The lowest BCUT2D eigenvalue weighted by Gasteiger charge is -2.18. The highest BCUT2D eigenvalue weighted by atomic mass is 16.5. The van der Waals surface area contributed by atoms with Crippen LogP contribution in [0.2, 0.25) is 0 Å². The zero-order valence-electron chi connectivity index (χ0n) is 35.3. The molecule has 0 heterocycles. The fourth-order valence-electron chi connectivity index (χ4n) is 6.44. The van der Waals surface area contributed by atoms with Crippen LogP contribution in [0.3, 0.4) is 0 Å². The van der Waals surface area contributed by atoms with Crippen LogP contribution in [-0.2, 0) is 28.7 Å². The largest absolute Gasteiger partial charge is 0.466 e. The Labute approximate surface area is 335 Å². The van der Waals surface area contributed by atoms with E-state index in [1.807, 2.05) is 0 Å². The van der Waals surface area contributed by atoms with Gasteiger partial charge in [0.1, 0.15) is 6.04 Å². The van der Waals surface area contributed by atoms with Gasteiger partial charge in [0.05, 0.1) is 19.3 Å². The van der Waals surface area contributed by atoms with Crippen molar-refractivity contribution < 1.29 is 28.7 Å². The van der Waals surface area contributed by atoms with Crippen molar-refractivity contribution in [1.82, 2.24) is 10.6 Å². The average molecular weight is 781 g/mol. The maximum atomic E-state index is 13.0. The minimum atomic E-state index is -0.947. The van der Waals surface area contributed by atoms with E-state index in [2.05, 4.69) is 29.5 Å². The lowest BCUT2D eigenvalue weighted by atomic mass is 10.1. The summed E-state index contributed by atoms with van der Waals surface area (Å²) in [6, 6.07) is -1.65. The van der Waals surface area contributed by atoms with E-state index in [0.717, 1.165) is 38.5 Å². The predicted molar refractivity (Wildman–Crippen MR) is 225 cm³/mol. The minimum Gasteiger partial charge on any atom is -0.466 e. The Balaban J connectivity index is 4.52. The molecule has 0 aromatic heterocycles. The van der Waals surface area contributed by atoms with Crippen LogP contribution in [0.5, 0.6) is 0 Å². The molecule has 2 atom stereocenters. The molecule has 0 aliphatic heterocycles. The normalized spacial score (nSPS) is 12.1. The van der Waals surface area contributed by atoms with Crippen molar-refractivity contribution in [2.45, 2.75) is 219 Å². The summed E-state index contributed by atoms with van der Waals surface area (Å²) in [6.45, 7) is 5.78. The van der Waals surface area contributed by atoms with Gasteiger partial charge in [-0.2, -0.15) is 0 Å². The van der Waals surface area contributed by atoms with Gasteiger partial charge in [0.25, 0.3) is 0 Å². The van der Waals surface area contributed by atoms with Gasteiger partial charge in [-0.1, -0.05) is 155 Å². The summed E-state index contributed by atoms with van der Waals surface area (Å²) >= 11 is 0. The first kappa shape index (κ1) is 52.1. The molecular formula is C43H84N6O6. The highest BCUT2D eigenvalue weighted by Crippen LogP contribution is 2.14. The number of guanidine groups is 1. The van der Waals surface area contributed by atoms with Crippen LogP contribution < -0.4 is 27.8 Å². The Morgan fingerprint density at radius 3 is 1.49 bits per heavy atom. The van der Waals surface area contributed by atoms with Crippen molar-refractivity contribution >= 4 is 29.7 Å². The first-order chi connectivity index (χ1) is 26.7. The summed E-state index contributed by atoms with van der Waals surface area (Å²) in [4.78, 5) is 54.5. The molecule has 12 nitrogen and oxygen atoms in total. The minimum absolute atomic E-state index is 0.00339. The third kappa shape index (κ3) is 36.5. The number of nitrogens with zero attached hydrogens (tertiary/aromatic N) is 1. The van der Waals surface area contributed by atoms with Gasteiger partial charge >= 0.3 is 11.9 Å². The molecule has 8 N–H and O–H groups in total. The van der Waals surface area contributed by atoms with Crippen LogP contribution >= 0.6 is 0 Å². The molecule has 0 aromatic carbocycles. The number of amides is 2. The second kappa shape index (κ2) is 39.3. The maximum Gasteiger partial charge on any atom is 0.328 e. The number of hydrogen-bond acceptors (Lipinski definition) is 8. The highest BCUT2D eigenvalue weighted by Gasteiger charge is 2.24. The number of nitrogens with two attached hydrogens (primary N) is 3. The van der Waals surface area contributed by atoms with Gasteiger partial charge in [-0.3, -0.25) is 19.4 Å². The van der Waals surface area contributed by atoms with E-state index in [1.165, 1.54) is 116 Å². The molecule has 0 aliphatic carbocycles. The summed E-state index contributed by atoms with van der Waals surface area (Å²) in [7, 11) is 0. The average Bonchev–Trinajstić information content (AvgIpc) is 3.16. The molecule has 0 radical (unpaired) electrons. The van der Waals surface area contributed by atoms with Crippen LogP contribution in [0, 0.1) is 0 Å². The van der Waals surface area contributed by atoms with E-state index in [1.54, 1.807) is 0 Å². The van der Waals surface area contributed by atoms with Crippen molar-refractivity contribution in [3.05, 3.63) is 0 Å².